The number of rotatable bonds is 6. The molecule has 0 aliphatic rings. The SMILES string of the molecule is CCNC(=O)NC(=O)COC(=O)c1nn(CC(C)C)c(=O)c2ccccc12. The normalized spacial score (nSPS) is 10.7. The molecule has 9 heteroatoms. The fourth-order valence-corrected chi connectivity index (χ4v) is 2.42. The zero-order valence-electron chi connectivity index (χ0n) is 15.4. The van der Waals surface area contributed by atoms with Crippen molar-refractivity contribution in [3.8, 4) is 0 Å². The Morgan fingerprint density at radius 3 is 2.48 bits per heavy atom. The van der Waals surface area contributed by atoms with Gasteiger partial charge in [0, 0.05) is 18.5 Å². The number of carbonyl (C=O) groups is 3. The third-order valence-corrected chi connectivity index (χ3v) is 3.52. The number of amides is 3. The molecule has 27 heavy (non-hydrogen) atoms. The molecule has 1 heterocycles. The Hall–Kier alpha value is -3.23. The van der Waals surface area contributed by atoms with E-state index in [1.54, 1.807) is 31.2 Å². The van der Waals surface area contributed by atoms with Crippen LogP contribution in [-0.2, 0) is 16.1 Å². The first-order valence-electron chi connectivity index (χ1n) is 8.58. The molecule has 2 rings (SSSR count). The van der Waals surface area contributed by atoms with Crippen LogP contribution in [0.4, 0.5) is 4.79 Å². The smallest absolute Gasteiger partial charge is 0.359 e. The molecule has 0 bridgehead atoms. The molecule has 0 aliphatic heterocycles. The van der Waals surface area contributed by atoms with Gasteiger partial charge in [-0.1, -0.05) is 32.0 Å². The minimum atomic E-state index is -0.852. The third-order valence-electron chi connectivity index (χ3n) is 3.52. The van der Waals surface area contributed by atoms with Crippen molar-refractivity contribution in [3.05, 3.63) is 40.3 Å². The lowest BCUT2D eigenvalue weighted by molar-refractivity contribution is -0.123. The van der Waals surface area contributed by atoms with Crippen LogP contribution in [0.3, 0.4) is 0 Å². The van der Waals surface area contributed by atoms with Crippen LogP contribution in [0.25, 0.3) is 10.8 Å². The van der Waals surface area contributed by atoms with Gasteiger partial charge in [0.15, 0.2) is 12.3 Å². The Bertz CT molecular complexity index is 920. The van der Waals surface area contributed by atoms with Crippen molar-refractivity contribution in [3.63, 3.8) is 0 Å². The second-order valence-electron chi connectivity index (χ2n) is 6.26. The van der Waals surface area contributed by atoms with E-state index in [-0.39, 0.29) is 17.2 Å². The van der Waals surface area contributed by atoms with Gasteiger partial charge in [-0.05, 0) is 18.9 Å². The van der Waals surface area contributed by atoms with E-state index in [2.05, 4.69) is 10.4 Å². The van der Waals surface area contributed by atoms with E-state index in [4.69, 9.17) is 4.74 Å². The van der Waals surface area contributed by atoms with Crippen LogP contribution >= 0.6 is 0 Å². The highest BCUT2D eigenvalue weighted by atomic mass is 16.5. The monoisotopic (exact) mass is 374 g/mol. The number of ether oxygens (including phenoxy) is 1. The van der Waals surface area contributed by atoms with Crippen molar-refractivity contribution < 1.29 is 19.1 Å². The molecule has 0 saturated carbocycles. The molecule has 9 nitrogen and oxygen atoms in total. The summed E-state index contributed by atoms with van der Waals surface area (Å²) in [6.45, 7) is 5.59. The maximum Gasteiger partial charge on any atom is 0.359 e. The second-order valence-corrected chi connectivity index (χ2v) is 6.26. The van der Waals surface area contributed by atoms with E-state index in [0.717, 1.165) is 0 Å². The van der Waals surface area contributed by atoms with Crippen LogP contribution in [0.2, 0.25) is 0 Å². The van der Waals surface area contributed by atoms with Crippen molar-refractivity contribution in [2.75, 3.05) is 13.2 Å². The van der Waals surface area contributed by atoms with Gasteiger partial charge in [-0.15, -0.1) is 0 Å². The van der Waals surface area contributed by atoms with E-state index in [0.29, 0.717) is 23.9 Å². The molecule has 0 atom stereocenters. The molecule has 0 aliphatic carbocycles. The predicted octanol–water partition coefficient (Wildman–Crippen LogP) is 1.06. The number of imide groups is 1. The van der Waals surface area contributed by atoms with Crippen molar-refractivity contribution in [1.82, 2.24) is 20.4 Å². The molecule has 0 saturated heterocycles. The van der Waals surface area contributed by atoms with Crippen LogP contribution in [0, 0.1) is 5.92 Å². The van der Waals surface area contributed by atoms with Crippen LogP contribution in [0.5, 0.6) is 0 Å². The standard InChI is InChI=1S/C18H22N4O5/c1-4-19-18(26)20-14(23)10-27-17(25)15-12-7-5-6-8-13(12)16(24)22(21-15)9-11(2)3/h5-8,11H,4,9-10H2,1-3H3,(H2,19,20,23,26). The number of urea groups is 1. The second kappa shape index (κ2) is 8.93. The molecular weight excluding hydrogens is 352 g/mol. The summed E-state index contributed by atoms with van der Waals surface area (Å²) in [6.07, 6.45) is 0. The number of hydrogen-bond acceptors (Lipinski definition) is 6. The van der Waals surface area contributed by atoms with Gasteiger partial charge in [0.25, 0.3) is 11.5 Å². The molecule has 0 unspecified atom stereocenters. The lowest BCUT2D eigenvalue weighted by atomic mass is 10.1. The van der Waals surface area contributed by atoms with E-state index in [1.807, 2.05) is 19.2 Å². The highest BCUT2D eigenvalue weighted by Gasteiger charge is 2.19. The summed E-state index contributed by atoms with van der Waals surface area (Å²) in [5.74, 6) is -1.48. The maximum atomic E-state index is 12.5. The minimum absolute atomic E-state index is 0.0586. The highest BCUT2D eigenvalue weighted by molar-refractivity contribution is 6.03. The zero-order valence-corrected chi connectivity index (χ0v) is 15.4. The maximum absolute atomic E-state index is 12.5. The van der Waals surface area contributed by atoms with Gasteiger partial charge >= 0.3 is 12.0 Å². The molecule has 144 valence electrons. The predicted molar refractivity (Wildman–Crippen MR) is 98.3 cm³/mol. The first-order chi connectivity index (χ1) is 12.8. The van der Waals surface area contributed by atoms with Gasteiger partial charge < -0.3 is 10.1 Å². The van der Waals surface area contributed by atoms with Gasteiger partial charge in [-0.3, -0.25) is 14.9 Å². The summed E-state index contributed by atoms with van der Waals surface area (Å²) in [5.41, 5.74) is -0.360. The summed E-state index contributed by atoms with van der Waals surface area (Å²) >= 11 is 0. The van der Waals surface area contributed by atoms with Gasteiger partial charge in [0.1, 0.15) is 0 Å². The van der Waals surface area contributed by atoms with Gasteiger partial charge in [-0.25, -0.2) is 14.3 Å². The molecule has 2 N–H and O–H groups in total. The number of aromatic nitrogens is 2. The van der Waals surface area contributed by atoms with Crippen molar-refractivity contribution >= 4 is 28.7 Å². The fourth-order valence-electron chi connectivity index (χ4n) is 2.42. The first-order valence-corrected chi connectivity index (χ1v) is 8.58. The van der Waals surface area contributed by atoms with E-state index in [9.17, 15) is 19.2 Å². The van der Waals surface area contributed by atoms with Gasteiger partial charge in [0.05, 0.1) is 5.39 Å². The number of esters is 1. The number of benzene rings is 1. The Balaban J connectivity index is 2.25. The first kappa shape index (κ1) is 20.1. The van der Waals surface area contributed by atoms with Crippen LogP contribution in [0.15, 0.2) is 29.1 Å². The lowest BCUT2D eigenvalue weighted by Crippen LogP contribution is -2.41. The van der Waals surface area contributed by atoms with Gasteiger partial charge in [0.2, 0.25) is 0 Å². The van der Waals surface area contributed by atoms with E-state index < -0.39 is 24.5 Å². The molecule has 0 fully saturated rings. The number of fused-ring (bicyclic) bond motifs is 1. The summed E-state index contributed by atoms with van der Waals surface area (Å²) in [5, 5.41) is 9.23. The quantitative estimate of drug-likeness (QED) is 0.730. The van der Waals surface area contributed by atoms with Crippen LogP contribution in [-0.4, -0.2) is 40.8 Å². The zero-order chi connectivity index (χ0) is 20.0. The summed E-state index contributed by atoms with van der Waals surface area (Å²) in [4.78, 5) is 47.9. The molecule has 1 aromatic heterocycles. The Kier molecular flexibility index (Phi) is 6.64. The molecule has 3 amide bonds. The molecular formula is C18H22N4O5. The Labute approximate surface area is 155 Å². The number of nitrogens with one attached hydrogen (secondary N) is 2. The van der Waals surface area contributed by atoms with Gasteiger partial charge in [-0.2, -0.15) is 5.10 Å². The molecule has 0 radical (unpaired) electrons. The average Bonchev–Trinajstić information content (AvgIpc) is 2.62. The Morgan fingerprint density at radius 1 is 1.19 bits per heavy atom. The van der Waals surface area contributed by atoms with Crippen molar-refractivity contribution in [2.45, 2.75) is 27.3 Å². The van der Waals surface area contributed by atoms with Crippen LogP contribution < -0.4 is 16.2 Å². The van der Waals surface area contributed by atoms with E-state index in [1.165, 1.54) is 4.68 Å². The largest absolute Gasteiger partial charge is 0.451 e. The molecule has 0 spiro atoms. The third kappa shape index (κ3) is 5.13. The average molecular weight is 374 g/mol. The molecule has 1 aromatic carbocycles. The van der Waals surface area contributed by atoms with Crippen LogP contribution in [0.1, 0.15) is 31.3 Å². The highest BCUT2D eigenvalue weighted by Crippen LogP contribution is 2.14. The van der Waals surface area contributed by atoms with Crippen molar-refractivity contribution in [1.29, 1.82) is 0 Å². The topological polar surface area (TPSA) is 119 Å². The number of carbonyl (C=O) groups excluding carboxylic acids is 3. The summed E-state index contributed by atoms with van der Waals surface area (Å²) < 4.78 is 6.19. The Morgan fingerprint density at radius 2 is 1.85 bits per heavy atom. The van der Waals surface area contributed by atoms with Crippen molar-refractivity contribution in [2.24, 2.45) is 5.92 Å². The minimum Gasteiger partial charge on any atom is -0.451 e. The summed E-state index contributed by atoms with van der Waals surface area (Å²) in [6, 6.07) is 5.89. The summed E-state index contributed by atoms with van der Waals surface area (Å²) in [7, 11) is 0. The fraction of sp³-hybridized carbons (Fsp3) is 0.389. The van der Waals surface area contributed by atoms with E-state index >= 15 is 0 Å². The lowest BCUT2D eigenvalue weighted by Gasteiger charge is -2.12. The number of hydrogen-bond donors (Lipinski definition) is 2. The number of nitrogens with zero attached hydrogens (tertiary/aromatic N) is 2. The molecule has 2 aromatic rings.